The summed E-state index contributed by atoms with van der Waals surface area (Å²) in [6.07, 6.45) is -2.95. The molecule has 2 aromatic carbocycles. The second kappa shape index (κ2) is 10.2. The maximum absolute atomic E-state index is 12.5. The van der Waals surface area contributed by atoms with Crippen molar-refractivity contribution in [3.8, 4) is 5.75 Å². The number of hydrogen-bond donors (Lipinski definition) is 1. The highest BCUT2D eigenvalue weighted by atomic mass is 32.2. The molecule has 0 aliphatic carbocycles. The summed E-state index contributed by atoms with van der Waals surface area (Å²) in [6, 6.07) is 16.3. The van der Waals surface area contributed by atoms with Crippen LogP contribution in [0.1, 0.15) is 10.4 Å². The molecule has 0 spiro atoms. The largest absolute Gasteiger partial charge is 0.573 e. The molecular formula is C21H18F3N2O4S2+. The third-order valence-corrected chi connectivity index (χ3v) is 6.10. The fourth-order valence-electron chi connectivity index (χ4n) is 2.78. The van der Waals surface area contributed by atoms with E-state index in [4.69, 9.17) is 0 Å². The summed E-state index contributed by atoms with van der Waals surface area (Å²) in [4.78, 5) is 12.5. The van der Waals surface area contributed by atoms with Gasteiger partial charge in [0.1, 0.15) is 12.8 Å². The number of thioether (sulfide) groups is 1. The lowest BCUT2D eigenvalue weighted by molar-refractivity contribution is -0.708. The molecule has 1 heterocycles. The molecule has 168 valence electrons. The number of hydrogen-bond acceptors (Lipinski definition) is 4. The molecule has 11 heteroatoms. The Balaban J connectivity index is 1.72. The Morgan fingerprint density at radius 3 is 2.19 bits per heavy atom. The fraction of sp³-hybridized carbons (Fsp3) is 0.143. The fourth-order valence-corrected chi connectivity index (χ4v) is 4.26. The predicted molar refractivity (Wildman–Crippen MR) is 115 cm³/mol. The molecule has 3 rings (SSSR count). The quantitative estimate of drug-likeness (QED) is 0.218. The highest BCUT2D eigenvalue weighted by Crippen LogP contribution is 2.30. The van der Waals surface area contributed by atoms with Gasteiger partial charge in [-0.25, -0.2) is 8.51 Å². The number of carbonyl (C=O) groups is 1. The van der Waals surface area contributed by atoms with E-state index in [-0.39, 0.29) is 22.9 Å². The number of benzene rings is 2. The van der Waals surface area contributed by atoms with Gasteiger partial charge in [-0.2, -0.15) is 4.57 Å². The summed E-state index contributed by atoms with van der Waals surface area (Å²) < 4.78 is 65.2. The first-order valence-corrected chi connectivity index (χ1v) is 11.2. The van der Waals surface area contributed by atoms with Gasteiger partial charge < -0.3 is 4.74 Å². The van der Waals surface area contributed by atoms with Crippen LogP contribution in [0.2, 0.25) is 0 Å². The number of alkyl halides is 3. The molecule has 1 unspecified atom stereocenters. The van der Waals surface area contributed by atoms with Gasteiger partial charge in [-0.3, -0.25) is 9.35 Å². The van der Waals surface area contributed by atoms with Gasteiger partial charge in [0.05, 0.1) is 17.1 Å². The van der Waals surface area contributed by atoms with Crippen molar-refractivity contribution in [2.24, 2.45) is 7.05 Å². The second-order valence-electron chi connectivity index (χ2n) is 6.48. The number of pyridine rings is 1. The van der Waals surface area contributed by atoms with Crippen LogP contribution < -0.4 is 13.6 Å². The third kappa shape index (κ3) is 6.31. The summed E-state index contributed by atoms with van der Waals surface area (Å²) in [6.45, 7) is 0. The van der Waals surface area contributed by atoms with Gasteiger partial charge in [0, 0.05) is 17.7 Å². The van der Waals surface area contributed by atoms with E-state index in [1.165, 1.54) is 48.2 Å². The summed E-state index contributed by atoms with van der Waals surface area (Å²) in [7, 11) is 1.88. The Labute approximate surface area is 189 Å². The summed E-state index contributed by atoms with van der Waals surface area (Å²) in [5.41, 5.74) is 0.887. The number of rotatable bonds is 8. The van der Waals surface area contributed by atoms with Gasteiger partial charge in [0.25, 0.3) is 11.3 Å². The second-order valence-corrected chi connectivity index (χ2v) is 8.30. The van der Waals surface area contributed by atoms with Crippen LogP contribution in [0.5, 0.6) is 5.75 Å². The van der Waals surface area contributed by atoms with Crippen LogP contribution >= 0.6 is 11.8 Å². The number of ketones is 1. The van der Waals surface area contributed by atoms with Gasteiger partial charge in [-0.15, -0.1) is 13.2 Å². The number of carbonyl (C=O) groups excluding carboxylic acids is 1. The summed E-state index contributed by atoms with van der Waals surface area (Å²) >= 11 is -1.11. The van der Waals surface area contributed by atoms with Crippen LogP contribution in [0.25, 0.3) is 0 Å². The highest BCUT2D eigenvalue weighted by molar-refractivity contribution is 7.99. The monoisotopic (exact) mass is 483 g/mol. The molecule has 1 aromatic heterocycles. The molecule has 1 N–H and O–H groups in total. The molecule has 1 atom stereocenters. The molecule has 0 aliphatic heterocycles. The molecule has 0 radical (unpaired) electrons. The zero-order valence-electron chi connectivity index (χ0n) is 16.7. The van der Waals surface area contributed by atoms with Crippen molar-refractivity contribution in [2.45, 2.75) is 11.4 Å². The van der Waals surface area contributed by atoms with Crippen LogP contribution in [0.4, 0.5) is 24.5 Å². The Morgan fingerprint density at radius 2 is 1.66 bits per heavy atom. The first-order valence-electron chi connectivity index (χ1n) is 9.12. The molecule has 0 aliphatic rings. The van der Waals surface area contributed by atoms with Crippen molar-refractivity contribution >= 4 is 40.2 Å². The van der Waals surface area contributed by atoms with Crippen molar-refractivity contribution in [3.63, 3.8) is 0 Å². The van der Waals surface area contributed by atoms with Crippen molar-refractivity contribution < 1.29 is 36.0 Å². The molecule has 3 aromatic rings. The predicted octanol–water partition coefficient (Wildman–Crippen LogP) is 4.66. The number of ether oxygens (including phenoxy) is 1. The highest BCUT2D eigenvalue weighted by Gasteiger charge is 2.31. The number of halogens is 3. The van der Waals surface area contributed by atoms with Crippen LogP contribution in [0.3, 0.4) is 0 Å². The number of aryl methyl sites for hydroxylation is 1. The van der Waals surface area contributed by atoms with E-state index >= 15 is 0 Å². The van der Waals surface area contributed by atoms with Crippen molar-refractivity contribution in [2.75, 3.05) is 10.1 Å². The Morgan fingerprint density at radius 1 is 1.06 bits per heavy atom. The van der Waals surface area contributed by atoms with E-state index in [1.807, 2.05) is 36.0 Å². The Kier molecular flexibility index (Phi) is 7.54. The van der Waals surface area contributed by atoms with E-state index in [0.29, 0.717) is 5.56 Å². The molecule has 0 saturated carbocycles. The maximum atomic E-state index is 12.5. The Hall–Kier alpha value is -2.89. The molecule has 0 fully saturated rings. The zero-order valence-corrected chi connectivity index (χ0v) is 18.3. The first-order chi connectivity index (χ1) is 15.1. The lowest BCUT2D eigenvalue weighted by Gasteiger charge is -2.20. The minimum atomic E-state index is -4.83. The van der Waals surface area contributed by atoms with E-state index in [1.54, 1.807) is 0 Å². The van der Waals surface area contributed by atoms with Gasteiger partial charge >= 0.3 is 6.36 Å². The molecule has 0 amide bonds. The van der Waals surface area contributed by atoms with Crippen molar-refractivity contribution in [3.05, 3.63) is 78.5 Å². The van der Waals surface area contributed by atoms with Gasteiger partial charge in [0.15, 0.2) is 12.0 Å². The lowest BCUT2D eigenvalue weighted by Crippen LogP contribution is -2.30. The number of Topliss-reactive ketones (excluding diaryl/α,β-unsaturated/α-hetero) is 1. The normalized spacial score (nSPS) is 12.3. The van der Waals surface area contributed by atoms with Crippen LogP contribution in [0.15, 0.2) is 78.0 Å². The minimum absolute atomic E-state index is 0.115. The third-order valence-electron chi connectivity index (χ3n) is 4.24. The Bertz CT molecular complexity index is 1110. The number of nitrogens with zero attached hydrogens (tertiary/aromatic N) is 2. The van der Waals surface area contributed by atoms with Crippen LogP contribution in [-0.2, 0) is 18.3 Å². The average Bonchev–Trinajstić information content (AvgIpc) is 2.73. The first kappa shape index (κ1) is 23.8. The zero-order chi connectivity index (χ0) is 23.3. The molecule has 6 nitrogen and oxygen atoms in total. The van der Waals surface area contributed by atoms with Crippen LogP contribution in [-0.4, -0.2) is 26.7 Å². The van der Waals surface area contributed by atoms with Crippen molar-refractivity contribution in [1.82, 2.24) is 0 Å². The average molecular weight is 484 g/mol. The lowest BCUT2D eigenvalue weighted by atomic mass is 10.1. The topological polar surface area (TPSA) is 70.7 Å². The summed E-state index contributed by atoms with van der Waals surface area (Å²) in [5, 5.41) is 0.928. The van der Waals surface area contributed by atoms with E-state index in [2.05, 4.69) is 4.74 Å². The van der Waals surface area contributed by atoms with Gasteiger partial charge in [-0.1, -0.05) is 0 Å². The molecular weight excluding hydrogens is 465 g/mol. The van der Waals surface area contributed by atoms with Gasteiger partial charge in [0.2, 0.25) is 5.03 Å². The molecule has 32 heavy (non-hydrogen) atoms. The van der Waals surface area contributed by atoms with Crippen molar-refractivity contribution in [1.29, 1.82) is 0 Å². The smallest absolute Gasteiger partial charge is 0.406 e. The van der Waals surface area contributed by atoms with Gasteiger partial charge in [-0.05, 0) is 66.4 Å². The minimum Gasteiger partial charge on any atom is -0.406 e. The standard InChI is InChI=1S/C21H17F3N2O4S2/c1-25-13-3-2-4-20(25)31-14-19(27)15-5-7-16(8-6-15)26(32(28)29)17-9-11-18(12-10-17)30-21(22,23)24/h2-13H,14H2,1H3/p+1. The summed E-state index contributed by atoms with van der Waals surface area (Å²) in [5.74, 6) is -0.348. The SMILES string of the molecule is C[n+]1ccccc1SCC(=O)c1ccc(N(c2ccc(OC(F)(F)F)cc2)S(=O)O)cc1. The number of aromatic nitrogens is 1. The number of anilines is 2. The maximum Gasteiger partial charge on any atom is 0.573 e. The van der Waals surface area contributed by atoms with E-state index < -0.39 is 23.4 Å². The molecule has 0 saturated heterocycles. The van der Waals surface area contributed by atoms with Crippen LogP contribution in [0, 0.1) is 0 Å². The van der Waals surface area contributed by atoms with E-state index in [9.17, 15) is 26.7 Å². The molecule has 0 bridgehead atoms. The van der Waals surface area contributed by atoms with E-state index in [0.717, 1.165) is 21.5 Å².